The fourth-order valence-corrected chi connectivity index (χ4v) is 3.09. The lowest BCUT2D eigenvalue weighted by Crippen LogP contribution is -2.43. The van der Waals surface area contributed by atoms with Gasteiger partial charge < -0.3 is 4.43 Å². The summed E-state index contributed by atoms with van der Waals surface area (Å²) in [6.45, 7) is 13.6. The molecule has 1 nitrogen and oxygen atoms in total. The van der Waals surface area contributed by atoms with Crippen molar-refractivity contribution in [3.05, 3.63) is 41.5 Å². The molecular weight excluding hydrogens is 296 g/mol. The summed E-state index contributed by atoms with van der Waals surface area (Å²) in [5, 5.41) is 0.220. The zero-order chi connectivity index (χ0) is 17.5. The number of rotatable bonds is 7. The first-order valence-electron chi connectivity index (χ1n) is 8.54. The molecule has 2 heteroatoms. The number of hydrogen-bond donors (Lipinski definition) is 0. The summed E-state index contributed by atoms with van der Waals surface area (Å²) in [5.41, 5.74) is 2.72. The van der Waals surface area contributed by atoms with Crippen LogP contribution >= 0.6 is 0 Å². The van der Waals surface area contributed by atoms with E-state index in [0.29, 0.717) is 0 Å². The first kappa shape index (κ1) is 19.6. The third kappa shape index (κ3) is 6.27. The van der Waals surface area contributed by atoms with Crippen LogP contribution in [0.3, 0.4) is 0 Å². The Morgan fingerprint density at radius 2 is 1.83 bits per heavy atom. The molecule has 0 radical (unpaired) electrons. The van der Waals surface area contributed by atoms with Gasteiger partial charge in [-0.3, -0.25) is 0 Å². The number of aryl methyl sites for hydroxylation is 2. The molecule has 0 fully saturated rings. The molecule has 0 aliphatic rings. The SMILES string of the molecule is C#CCC/C=C\CCc1cc(O[Si](C)(C)C(C)(C)C)ccc1C. The van der Waals surface area contributed by atoms with E-state index in [2.05, 4.69) is 77.1 Å². The van der Waals surface area contributed by atoms with Crippen molar-refractivity contribution in [3.8, 4) is 18.1 Å². The van der Waals surface area contributed by atoms with Crippen LogP contribution < -0.4 is 4.43 Å². The summed E-state index contributed by atoms with van der Waals surface area (Å²) in [6, 6.07) is 6.52. The summed E-state index contributed by atoms with van der Waals surface area (Å²) < 4.78 is 6.42. The Morgan fingerprint density at radius 1 is 1.17 bits per heavy atom. The van der Waals surface area contributed by atoms with Gasteiger partial charge in [-0.05, 0) is 67.6 Å². The van der Waals surface area contributed by atoms with Crippen LogP contribution in [-0.2, 0) is 6.42 Å². The third-order valence-corrected chi connectivity index (χ3v) is 9.06. The van der Waals surface area contributed by atoms with Gasteiger partial charge in [0.2, 0.25) is 8.32 Å². The van der Waals surface area contributed by atoms with Crippen LogP contribution in [0.4, 0.5) is 0 Å². The Kier molecular flexibility index (Phi) is 7.16. The molecule has 0 heterocycles. The lowest BCUT2D eigenvalue weighted by molar-refractivity contribution is 0.491. The molecule has 0 bridgehead atoms. The minimum absolute atomic E-state index is 0.220. The maximum absolute atomic E-state index is 6.42. The summed E-state index contributed by atoms with van der Waals surface area (Å²) in [6.07, 6.45) is 13.6. The van der Waals surface area contributed by atoms with Crippen molar-refractivity contribution in [1.29, 1.82) is 0 Å². The second kappa shape index (κ2) is 8.41. The van der Waals surface area contributed by atoms with E-state index in [9.17, 15) is 0 Å². The fourth-order valence-electron chi connectivity index (χ4n) is 2.07. The minimum atomic E-state index is -1.77. The van der Waals surface area contributed by atoms with Crippen LogP contribution in [0, 0.1) is 19.3 Å². The Morgan fingerprint density at radius 3 is 2.43 bits per heavy atom. The highest BCUT2D eigenvalue weighted by molar-refractivity contribution is 6.74. The van der Waals surface area contributed by atoms with Gasteiger partial charge in [0.05, 0.1) is 0 Å². The van der Waals surface area contributed by atoms with Gasteiger partial charge in [-0.15, -0.1) is 12.3 Å². The van der Waals surface area contributed by atoms with Gasteiger partial charge in [-0.25, -0.2) is 0 Å². The monoisotopic (exact) mass is 328 g/mol. The van der Waals surface area contributed by atoms with Gasteiger partial charge in [-0.2, -0.15) is 0 Å². The molecule has 0 unspecified atom stereocenters. The number of hydrogen-bond acceptors (Lipinski definition) is 1. The highest BCUT2D eigenvalue weighted by atomic mass is 28.4. The molecule has 0 atom stereocenters. The molecule has 1 aromatic carbocycles. The van der Waals surface area contributed by atoms with Gasteiger partial charge in [0.15, 0.2) is 0 Å². The predicted molar refractivity (Wildman–Crippen MR) is 105 cm³/mol. The van der Waals surface area contributed by atoms with Gasteiger partial charge in [0.25, 0.3) is 0 Å². The molecular formula is C21H32OSi. The molecule has 1 rings (SSSR count). The minimum Gasteiger partial charge on any atom is -0.543 e. The summed E-state index contributed by atoms with van der Waals surface area (Å²) >= 11 is 0. The van der Waals surface area contributed by atoms with E-state index in [1.165, 1.54) is 11.1 Å². The van der Waals surface area contributed by atoms with Crippen LogP contribution in [0.15, 0.2) is 30.4 Å². The summed E-state index contributed by atoms with van der Waals surface area (Å²) in [5.74, 6) is 3.68. The molecule has 0 aromatic heterocycles. The Balaban J connectivity index is 2.73. The average Bonchev–Trinajstić information content (AvgIpc) is 2.44. The van der Waals surface area contributed by atoms with Crippen LogP contribution in [0.25, 0.3) is 0 Å². The highest BCUT2D eigenvalue weighted by Gasteiger charge is 2.38. The van der Waals surface area contributed by atoms with Crippen molar-refractivity contribution in [1.82, 2.24) is 0 Å². The average molecular weight is 329 g/mol. The lowest BCUT2D eigenvalue weighted by Gasteiger charge is -2.36. The van der Waals surface area contributed by atoms with Gasteiger partial charge in [0, 0.05) is 6.42 Å². The van der Waals surface area contributed by atoms with Crippen LogP contribution in [-0.4, -0.2) is 8.32 Å². The number of terminal acetylenes is 1. The van der Waals surface area contributed by atoms with E-state index in [0.717, 1.165) is 31.4 Å². The van der Waals surface area contributed by atoms with Crippen molar-refractivity contribution in [2.45, 2.75) is 71.5 Å². The van der Waals surface area contributed by atoms with Gasteiger partial charge in [0.1, 0.15) is 5.75 Å². The normalized spacial score (nSPS) is 12.4. The van der Waals surface area contributed by atoms with E-state index >= 15 is 0 Å². The maximum Gasteiger partial charge on any atom is 0.250 e. The summed E-state index contributed by atoms with van der Waals surface area (Å²) in [7, 11) is -1.77. The number of allylic oxidation sites excluding steroid dienone is 2. The molecule has 126 valence electrons. The van der Waals surface area contributed by atoms with E-state index in [1.807, 2.05) is 0 Å². The molecule has 0 amide bonds. The topological polar surface area (TPSA) is 9.23 Å². The van der Waals surface area contributed by atoms with Crippen molar-refractivity contribution in [2.24, 2.45) is 0 Å². The van der Waals surface area contributed by atoms with Gasteiger partial charge in [-0.1, -0.05) is 39.0 Å². The lowest BCUT2D eigenvalue weighted by atomic mass is 10.0. The van der Waals surface area contributed by atoms with Gasteiger partial charge >= 0.3 is 0 Å². The zero-order valence-electron chi connectivity index (χ0n) is 15.7. The molecule has 0 saturated heterocycles. The van der Waals surface area contributed by atoms with Crippen LogP contribution in [0.2, 0.25) is 18.1 Å². The Bertz CT molecular complexity index is 570. The fraction of sp³-hybridized carbons (Fsp3) is 0.524. The van der Waals surface area contributed by atoms with Crippen molar-refractivity contribution in [3.63, 3.8) is 0 Å². The molecule has 0 saturated carbocycles. The largest absolute Gasteiger partial charge is 0.543 e. The molecule has 23 heavy (non-hydrogen) atoms. The Labute approximate surface area is 144 Å². The number of unbranched alkanes of at least 4 members (excludes halogenated alkanes) is 1. The first-order chi connectivity index (χ1) is 10.7. The molecule has 0 N–H and O–H groups in total. The van der Waals surface area contributed by atoms with E-state index in [4.69, 9.17) is 10.8 Å². The van der Waals surface area contributed by atoms with E-state index < -0.39 is 8.32 Å². The predicted octanol–water partition coefficient (Wildman–Crippen LogP) is 6.28. The maximum atomic E-state index is 6.42. The zero-order valence-corrected chi connectivity index (χ0v) is 16.7. The van der Waals surface area contributed by atoms with E-state index in [-0.39, 0.29) is 5.04 Å². The van der Waals surface area contributed by atoms with Crippen LogP contribution in [0.1, 0.15) is 51.2 Å². The first-order valence-corrected chi connectivity index (χ1v) is 11.5. The second-order valence-corrected chi connectivity index (χ2v) is 12.4. The third-order valence-electron chi connectivity index (χ3n) is 4.70. The molecule has 1 aromatic rings. The smallest absolute Gasteiger partial charge is 0.250 e. The standard InChI is InChI=1S/C21H32OSi/c1-8-9-10-11-12-13-14-19-17-20(16-15-18(19)2)22-23(6,7)21(3,4)5/h1,11-12,15-17H,9-10,13-14H2,2-7H3/b12-11-. The molecule has 0 aliphatic heterocycles. The van der Waals surface area contributed by atoms with Crippen LogP contribution in [0.5, 0.6) is 5.75 Å². The second-order valence-electron chi connectivity index (χ2n) is 7.70. The Hall–Kier alpha value is -1.46. The highest BCUT2D eigenvalue weighted by Crippen LogP contribution is 2.37. The van der Waals surface area contributed by atoms with Crippen molar-refractivity contribution < 1.29 is 4.43 Å². The quantitative estimate of drug-likeness (QED) is 0.248. The molecule has 0 aliphatic carbocycles. The van der Waals surface area contributed by atoms with Crippen molar-refractivity contribution >= 4 is 8.32 Å². The van der Waals surface area contributed by atoms with Crippen molar-refractivity contribution in [2.75, 3.05) is 0 Å². The number of benzene rings is 1. The molecule has 0 spiro atoms. The summed E-state index contributed by atoms with van der Waals surface area (Å²) in [4.78, 5) is 0. The van der Waals surface area contributed by atoms with E-state index in [1.54, 1.807) is 0 Å².